The Morgan fingerprint density at radius 3 is 1.62 bits per heavy atom. The molecule has 216 valence electrons. The second-order valence-corrected chi connectivity index (χ2v) is 10.5. The Hall–Kier alpha value is -2.82. The number of esters is 2. The zero-order valence-corrected chi connectivity index (χ0v) is 24.6. The highest BCUT2D eigenvalue weighted by atomic mass is 16.5. The fourth-order valence-electron chi connectivity index (χ4n) is 4.46. The van der Waals surface area contributed by atoms with E-state index in [4.69, 9.17) is 14.2 Å². The second-order valence-electron chi connectivity index (χ2n) is 10.5. The smallest absolute Gasteiger partial charge is 0.343 e. The summed E-state index contributed by atoms with van der Waals surface area (Å²) in [5, 5.41) is 0. The van der Waals surface area contributed by atoms with Gasteiger partial charge >= 0.3 is 11.9 Å². The molecule has 0 spiro atoms. The first kappa shape index (κ1) is 32.4. The van der Waals surface area contributed by atoms with Crippen LogP contribution in [-0.2, 0) is 4.74 Å². The molecule has 0 N–H and O–H groups in total. The Kier molecular flexibility index (Phi) is 16.7. The molecule has 0 aliphatic carbocycles. The van der Waals surface area contributed by atoms with Crippen molar-refractivity contribution in [3.63, 3.8) is 0 Å². The molecule has 0 amide bonds. The van der Waals surface area contributed by atoms with Gasteiger partial charge in [0.25, 0.3) is 0 Å². The molecular formula is C34H50O5. The Bertz CT molecular complexity index is 920. The highest BCUT2D eigenvalue weighted by Crippen LogP contribution is 2.19. The normalized spacial score (nSPS) is 11.7. The van der Waals surface area contributed by atoms with Crippen LogP contribution in [0.15, 0.2) is 48.5 Å². The number of hydrogen-bond donors (Lipinski definition) is 0. The highest BCUT2D eigenvalue weighted by molar-refractivity contribution is 5.92. The average molecular weight is 539 g/mol. The van der Waals surface area contributed by atoms with Crippen LogP contribution in [0.4, 0.5) is 0 Å². The monoisotopic (exact) mass is 538 g/mol. The summed E-state index contributed by atoms with van der Waals surface area (Å²) >= 11 is 0. The molecule has 5 nitrogen and oxygen atoms in total. The molecule has 0 radical (unpaired) electrons. The van der Waals surface area contributed by atoms with Crippen LogP contribution in [0.1, 0.15) is 138 Å². The Morgan fingerprint density at radius 1 is 0.590 bits per heavy atom. The van der Waals surface area contributed by atoms with Gasteiger partial charge in [0.2, 0.25) is 0 Å². The molecule has 39 heavy (non-hydrogen) atoms. The van der Waals surface area contributed by atoms with Crippen LogP contribution in [-0.4, -0.2) is 24.6 Å². The van der Waals surface area contributed by atoms with Gasteiger partial charge in [-0.15, -0.1) is 0 Å². The molecule has 1 unspecified atom stereocenters. The third-order valence-electron chi connectivity index (χ3n) is 6.93. The van der Waals surface area contributed by atoms with E-state index in [1.165, 1.54) is 70.6 Å². The van der Waals surface area contributed by atoms with Crippen molar-refractivity contribution in [2.24, 2.45) is 0 Å². The predicted molar refractivity (Wildman–Crippen MR) is 159 cm³/mol. The highest BCUT2D eigenvalue weighted by Gasteiger charge is 2.13. The van der Waals surface area contributed by atoms with Gasteiger partial charge in [-0.05, 0) is 74.7 Å². The molecule has 0 saturated heterocycles. The lowest BCUT2D eigenvalue weighted by Crippen LogP contribution is -2.15. The molecule has 0 saturated carbocycles. The summed E-state index contributed by atoms with van der Waals surface area (Å²) in [4.78, 5) is 24.9. The van der Waals surface area contributed by atoms with Crippen molar-refractivity contribution in [1.29, 1.82) is 0 Å². The zero-order chi connectivity index (χ0) is 28.1. The number of carbonyl (C=O) groups is 2. The maximum Gasteiger partial charge on any atom is 0.343 e. The standard InChI is InChI=1S/C34H50O5/c1-4-6-8-10-11-12-13-14-15-17-27-37-31-23-19-30(20-24-31)34(36)39-32-25-21-29(22-26-32)33(35)38-28(3)18-16-9-7-5-2/h19-26,28H,4-18,27H2,1-3H3. The molecule has 0 bridgehead atoms. The zero-order valence-electron chi connectivity index (χ0n) is 24.6. The van der Waals surface area contributed by atoms with Crippen LogP contribution >= 0.6 is 0 Å². The van der Waals surface area contributed by atoms with E-state index in [9.17, 15) is 9.59 Å². The maximum absolute atomic E-state index is 12.5. The summed E-state index contributed by atoms with van der Waals surface area (Å²) in [7, 11) is 0. The number of ether oxygens (including phenoxy) is 3. The lowest BCUT2D eigenvalue weighted by Gasteiger charge is -2.13. The van der Waals surface area contributed by atoms with E-state index >= 15 is 0 Å². The minimum absolute atomic E-state index is 0.117. The van der Waals surface area contributed by atoms with Crippen LogP contribution in [0, 0.1) is 0 Å². The minimum Gasteiger partial charge on any atom is -0.494 e. The van der Waals surface area contributed by atoms with Crippen LogP contribution in [0.25, 0.3) is 0 Å². The number of hydrogen-bond acceptors (Lipinski definition) is 5. The molecule has 0 aliphatic rings. The molecule has 2 aromatic carbocycles. The molecule has 2 rings (SSSR count). The molecule has 0 fully saturated rings. The fraction of sp³-hybridized carbons (Fsp3) is 0.588. The van der Waals surface area contributed by atoms with E-state index in [1.807, 2.05) is 6.92 Å². The maximum atomic E-state index is 12.5. The lowest BCUT2D eigenvalue weighted by atomic mass is 10.1. The number of unbranched alkanes of at least 4 members (excludes halogenated alkanes) is 12. The van der Waals surface area contributed by atoms with Crippen LogP contribution in [0.2, 0.25) is 0 Å². The summed E-state index contributed by atoms with van der Waals surface area (Å²) in [6, 6.07) is 13.5. The molecule has 1 atom stereocenters. The average Bonchev–Trinajstić information content (AvgIpc) is 2.94. The topological polar surface area (TPSA) is 61.8 Å². The van der Waals surface area contributed by atoms with Gasteiger partial charge in [-0.2, -0.15) is 0 Å². The molecule has 0 aliphatic heterocycles. The first-order chi connectivity index (χ1) is 19.0. The van der Waals surface area contributed by atoms with Gasteiger partial charge in [0.15, 0.2) is 0 Å². The van der Waals surface area contributed by atoms with Gasteiger partial charge in [0.1, 0.15) is 11.5 Å². The summed E-state index contributed by atoms with van der Waals surface area (Å²) in [5.41, 5.74) is 0.890. The van der Waals surface area contributed by atoms with Gasteiger partial charge in [0, 0.05) is 0 Å². The third kappa shape index (κ3) is 14.2. The molecule has 5 heteroatoms. The van der Waals surface area contributed by atoms with E-state index in [0.29, 0.717) is 23.5 Å². The molecule has 0 aromatic heterocycles. The number of benzene rings is 2. The number of rotatable bonds is 21. The summed E-state index contributed by atoms with van der Waals surface area (Å²) < 4.78 is 16.8. The largest absolute Gasteiger partial charge is 0.494 e. The Balaban J connectivity index is 1.64. The van der Waals surface area contributed by atoms with E-state index in [2.05, 4.69) is 13.8 Å². The van der Waals surface area contributed by atoms with Crippen LogP contribution < -0.4 is 9.47 Å². The van der Waals surface area contributed by atoms with Gasteiger partial charge in [0.05, 0.1) is 23.8 Å². The summed E-state index contributed by atoms with van der Waals surface area (Å²) in [6.07, 6.45) is 18.3. The third-order valence-corrected chi connectivity index (χ3v) is 6.93. The van der Waals surface area contributed by atoms with E-state index in [-0.39, 0.29) is 12.1 Å². The molecule has 2 aromatic rings. The number of carbonyl (C=O) groups excluding carboxylic acids is 2. The summed E-state index contributed by atoms with van der Waals surface area (Å²) in [5.74, 6) is 0.326. The first-order valence-corrected chi connectivity index (χ1v) is 15.3. The second kappa shape index (κ2) is 20.1. The van der Waals surface area contributed by atoms with Crippen molar-refractivity contribution >= 4 is 11.9 Å². The lowest BCUT2D eigenvalue weighted by molar-refractivity contribution is 0.0319. The predicted octanol–water partition coefficient (Wildman–Crippen LogP) is 9.72. The Morgan fingerprint density at radius 2 is 1.05 bits per heavy atom. The minimum atomic E-state index is -0.452. The van der Waals surface area contributed by atoms with E-state index in [1.54, 1.807) is 48.5 Å². The molecular weight excluding hydrogens is 488 g/mol. The van der Waals surface area contributed by atoms with Crippen molar-refractivity contribution in [2.45, 2.75) is 123 Å². The van der Waals surface area contributed by atoms with Crippen molar-refractivity contribution < 1.29 is 23.8 Å². The van der Waals surface area contributed by atoms with Gasteiger partial charge in [-0.1, -0.05) is 90.9 Å². The fourth-order valence-corrected chi connectivity index (χ4v) is 4.46. The van der Waals surface area contributed by atoms with Gasteiger partial charge in [-0.25, -0.2) is 9.59 Å². The van der Waals surface area contributed by atoms with Crippen molar-refractivity contribution in [3.05, 3.63) is 59.7 Å². The summed E-state index contributed by atoms with van der Waals surface area (Å²) in [6.45, 7) is 7.04. The molecule has 0 heterocycles. The Labute approximate surface area is 236 Å². The van der Waals surface area contributed by atoms with Crippen molar-refractivity contribution in [1.82, 2.24) is 0 Å². The van der Waals surface area contributed by atoms with Gasteiger partial charge < -0.3 is 14.2 Å². The first-order valence-electron chi connectivity index (χ1n) is 15.3. The van der Waals surface area contributed by atoms with E-state index in [0.717, 1.165) is 31.4 Å². The van der Waals surface area contributed by atoms with Crippen LogP contribution in [0.3, 0.4) is 0 Å². The van der Waals surface area contributed by atoms with Gasteiger partial charge in [-0.3, -0.25) is 0 Å². The quantitative estimate of drug-likeness (QED) is 0.0899. The SMILES string of the molecule is CCCCCCCCCCCCOc1ccc(C(=O)Oc2ccc(C(=O)OC(C)CCCCCC)cc2)cc1. The van der Waals surface area contributed by atoms with Crippen molar-refractivity contribution in [2.75, 3.05) is 6.61 Å². The van der Waals surface area contributed by atoms with Crippen molar-refractivity contribution in [3.8, 4) is 11.5 Å². The van der Waals surface area contributed by atoms with E-state index < -0.39 is 5.97 Å². The van der Waals surface area contributed by atoms with Crippen LogP contribution in [0.5, 0.6) is 11.5 Å².